The molecule has 1 amide bonds. The Balaban J connectivity index is 1.41. The van der Waals surface area contributed by atoms with Gasteiger partial charge in [-0.2, -0.15) is 10.2 Å². The number of aryl methyl sites for hydroxylation is 2. The maximum Gasteiger partial charge on any atom is 0.222 e. The zero-order chi connectivity index (χ0) is 17.5. The van der Waals surface area contributed by atoms with Gasteiger partial charge in [-0.25, -0.2) is 0 Å². The summed E-state index contributed by atoms with van der Waals surface area (Å²) in [7, 11) is 0. The van der Waals surface area contributed by atoms with Crippen LogP contribution in [0.4, 0.5) is 0 Å². The highest BCUT2D eigenvalue weighted by atomic mass is 16.2. The molecular weight excluding hydrogens is 316 g/mol. The molecule has 1 aliphatic rings. The SMILES string of the molecule is CCn1cc(CN2CCCN(C(=O)CCCn3cccn3)CC2)cn1. The molecule has 0 aromatic carbocycles. The van der Waals surface area contributed by atoms with Crippen LogP contribution in [0, 0.1) is 0 Å². The monoisotopic (exact) mass is 344 g/mol. The Labute approximate surface area is 149 Å². The number of nitrogens with zero attached hydrogens (tertiary/aromatic N) is 6. The molecule has 7 nitrogen and oxygen atoms in total. The van der Waals surface area contributed by atoms with Gasteiger partial charge in [0.25, 0.3) is 0 Å². The molecule has 25 heavy (non-hydrogen) atoms. The number of rotatable bonds is 7. The molecule has 7 heteroatoms. The maximum absolute atomic E-state index is 12.5. The number of carbonyl (C=O) groups excluding carboxylic acids is 1. The van der Waals surface area contributed by atoms with Crippen LogP contribution < -0.4 is 0 Å². The van der Waals surface area contributed by atoms with E-state index in [9.17, 15) is 4.79 Å². The Morgan fingerprint density at radius 3 is 2.84 bits per heavy atom. The van der Waals surface area contributed by atoms with E-state index in [1.54, 1.807) is 6.20 Å². The van der Waals surface area contributed by atoms with Crippen LogP contribution in [0.3, 0.4) is 0 Å². The highest BCUT2D eigenvalue weighted by Gasteiger charge is 2.19. The smallest absolute Gasteiger partial charge is 0.222 e. The van der Waals surface area contributed by atoms with Gasteiger partial charge in [-0.1, -0.05) is 0 Å². The van der Waals surface area contributed by atoms with Crippen molar-refractivity contribution in [1.29, 1.82) is 0 Å². The van der Waals surface area contributed by atoms with Crippen LogP contribution in [0.5, 0.6) is 0 Å². The minimum atomic E-state index is 0.271. The summed E-state index contributed by atoms with van der Waals surface area (Å²) >= 11 is 0. The lowest BCUT2D eigenvalue weighted by molar-refractivity contribution is -0.131. The van der Waals surface area contributed by atoms with E-state index in [1.165, 1.54) is 5.56 Å². The van der Waals surface area contributed by atoms with E-state index in [0.717, 1.165) is 58.7 Å². The van der Waals surface area contributed by atoms with Gasteiger partial charge in [0.15, 0.2) is 0 Å². The van der Waals surface area contributed by atoms with E-state index >= 15 is 0 Å². The Kier molecular flexibility index (Phi) is 6.22. The lowest BCUT2D eigenvalue weighted by Gasteiger charge is -2.21. The quantitative estimate of drug-likeness (QED) is 0.766. The summed E-state index contributed by atoms with van der Waals surface area (Å²) in [5.41, 5.74) is 1.25. The van der Waals surface area contributed by atoms with Crippen LogP contribution in [0.15, 0.2) is 30.9 Å². The third-order valence-electron chi connectivity index (χ3n) is 4.70. The van der Waals surface area contributed by atoms with E-state index in [4.69, 9.17) is 0 Å². The molecule has 0 N–H and O–H groups in total. The van der Waals surface area contributed by atoms with E-state index in [1.807, 2.05) is 32.7 Å². The molecule has 0 saturated carbocycles. The van der Waals surface area contributed by atoms with Crippen molar-refractivity contribution >= 4 is 5.91 Å². The standard InChI is InChI=1S/C18H28N6O/c1-2-23-16-17(14-20-23)15-21-8-5-9-22(13-12-21)18(25)6-3-10-24-11-4-7-19-24/h4,7,11,14,16H,2-3,5-6,8-10,12-13,15H2,1H3. The van der Waals surface area contributed by atoms with Crippen LogP contribution in [-0.4, -0.2) is 61.4 Å². The second-order valence-corrected chi connectivity index (χ2v) is 6.59. The van der Waals surface area contributed by atoms with E-state index in [2.05, 4.69) is 28.2 Å². The summed E-state index contributed by atoms with van der Waals surface area (Å²) in [6.45, 7) is 8.38. The molecule has 0 atom stereocenters. The van der Waals surface area contributed by atoms with Gasteiger partial charge in [0.2, 0.25) is 5.91 Å². The summed E-state index contributed by atoms with van der Waals surface area (Å²) in [4.78, 5) is 16.9. The lowest BCUT2D eigenvalue weighted by Crippen LogP contribution is -2.35. The van der Waals surface area contributed by atoms with Crippen molar-refractivity contribution in [2.75, 3.05) is 26.2 Å². The second kappa shape index (κ2) is 8.80. The molecule has 136 valence electrons. The summed E-state index contributed by atoms with van der Waals surface area (Å²) in [6.07, 6.45) is 10.3. The first kappa shape index (κ1) is 17.7. The van der Waals surface area contributed by atoms with Gasteiger partial charge in [0.05, 0.1) is 6.20 Å². The average Bonchev–Trinajstić information content (AvgIpc) is 3.23. The van der Waals surface area contributed by atoms with Gasteiger partial charge < -0.3 is 4.90 Å². The summed E-state index contributed by atoms with van der Waals surface area (Å²) < 4.78 is 3.84. The predicted molar refractivity (Wildman–Crippen MR) is 95.8 cm³/mol. The predicted octanol–water partition coefficient (Wildman–Crippen LogP) is 1.61. The summed E-state index contributed by atoms with van der Waals surface area (Å²) in [5, 5.41) is 8.52. The Hall–Kier alpha value is -2.15. The number of aromatic nitrogens is 4. The topological polar surface area (TPSA) is 59.2 Å². The van der Waals surface area contributed by atoms with E-state index in [0.29, 0.717) is 6.42 Å². The number of carbonyl (C=O) groups is 1. The lowest BCUT2D eigenvalue weighted by atomic mass is 10.2. The van der Waals surface area contributed by atoms with Crippen LogP contribution in [0.2, 0.25) is 0 Å². The van der Waals surface area contributed by atoms with Gasteiger partial charge in [-0.3, -0.25) is 19.1 Å². The zero-order valence-corrected chi connectivity index (χ0v) is 15.0. The highest BCUT2D eigenvalue weighted by Crippen LogP contribution is 2.10. The van der Waals surface area contributed by atoms with Gasteiger partial charge in [-0.05, 0) is 25.8 Å². The van der Waals surface area contributed by atoms with Gasteiger partial charge in [-0.15, -0.1) is 0 Å². The van der Waals surface area contributed by atoms with E-state index in [-0.39, 0.29) is 5.91 Å². The first-order valence-electron chi connectivity index (χ1n) is 9.23. The molecule has 0 unspecified atom stereocenters. The normalized spacial score (nSPS) is 16.1. The minimum Gasteiger partial charge on any atom is -0.341 e. The molecule has 1 saturated heterocycles. The molecule has 0 aliphatic carbocycles. The van der Waals surface area contributed by atoms with Crippen molar-refractivity contribution < 1.29 is 4.79 Å². The van der Waals surface area contributed by atoms with Gasteiger partial charge in [0, 0.05) is 76.4 Å². The Morgan fingerprint density at radius 1 is 1.16 bits per heavy atom. The largest absolute Gasteiger partial charge is 0.341 e. The van der Waals surface area contributed by atoms with Crippen LogP contribution >= 0.6 is 0 Å². The van der Waals surface area contributed by atoms with Crippen molar-refractivity contribution in [3.05, 3.63) is 36.4 Å². The molecule has 1 aliphatic heterocycles. The van der Waals surface area contributed by atoms with Crippen molar-refractivity contribution in [3.8, 4) is 0 Å². The van der Waals surface area contributed by atoms with Crippen LogP contribution in [-0.2, 0) is 24.4 Å². The van der Waals surface area contributed by atoms with Gasteiger partial charge >= 0.3 is 0 Å². The van der Waals surface area contributed by atoms with Crippen molar-refractivity contribution in [1.82, 2.24) is 29.4 Å². The molecule has 0 radical (unpaired) electrons. The van der Waals surface area contributed by atoms with Crippen LogP contribution in [0.1, 0.15) is 31.7 Å². The average molecular weight is 344 g/mol. The van der Waals surface area contributed by atoms with E-state index < -0.39 is 0 Å². The fourth-order valence-electron chi connectivity index (χ4n) is 3.28. The first-order chi connectivity index (χ1) is 12.2. The number of hydrogen-bond donors (Lipinski definition) is 0. The molecule has 3 rings (SSSR count). The molecular formula is C18H28N6O. The molecule has 1 fully saturated rings. The summed E-state index contributed by atoms with van der Waals surface area (Å²) in [5.74, 6) is 0.271. The van der Waals surface area contributed by atoms with Crippen molar-refractivity contribution in [3.63, 3.8) is 0 Å². The summed E-state index contributed by atoms with van der Waals surface area (Å²) in [6, 6.07) is 1.91. The third-order valence-corrected chi connectivity index (χ3v) is 4.70. The minimum absolute atomic E-state index is 0.271. The molecule has 2 aromatic heterocycles. The second-order valence-electron chi connectivity index (χ2n) is 6.59. The first-order valence-corrected chi connectivity index (χ1v) is 9.23. The third kappa shape index (κ3) is 5.16. The molecule has 0 spiro atoms. The maximum atomic E-state index is 12.5. The number of amides is 1. The number of hydrogen-bond acceptors (Lipinski definition) is 4. The molecule has 3 heterocycles. The molecule has 0 bridgehead atoms. The van der Waals surface area contributed by atoms with Crippen molar-refractivity contribution in [2.45, 2.75) is 45.8 Å². The van der Waals surface area contributed by atoms with Crippen LogP contribution in [0.25, 0.3) is 0 Å². The Morgan fingerprint density at radius 2 is 2.08 bits per heavy atom. The molecule has 2 aromatic rings. The van der Waals surface area contributed by atoms with Crippen molar-refractivity contribution in [2.24, 2.45) is 0 Å². The van der Waals surface area contributed by atoms with Gasteiger partial charge in [0.1, 0.15) is 0 Å². The Bertz CT molecular complexity index is 650. The zero-order valence-electron chi connectivity index (χ0n) is 15.0. The highest BCUT2D eigenvalue weighted by molar-refractivity contribution is 5.76. The fourth-order valence-corrected chi connectivity index (χ4v) is 3.28. The fraction of sp³-hybridized carbons (Fsp3) is 0.611.